The lowest BCUT2D eigenvalue weighted by atomic mass is 9.86. The Balaban J connectivity index is 1.36. The monoisotopic (exact) mass is 328 g/mol. The van der Waals surface area contributed by atoms with Gasteiger partial charge in [0.05, 0.1) is 6.33 Å². The third-order valence-electron chi connectivity index (χ3n) is 5.32. The first-order valence-corrected chi connectivity index (χ1v) is 8.98. The first-order chi connectivity index (χ1) is 11.8. The number of hydrogen-bond acceptors (Lipinski definition) is 5. The fraction of sp³-hybridized carbons (Fsp3) is 0.647. The van der Waals surface area contributed by atoms with Gasteiger partial charge in [0.2, 0.25) is 5.91 Å². The van der Waals surface area contributed by atoms with Crippen molar-refractivity contribution in [3.8, 4) is 0 Å². The van der Waals surface area contributed by atoms with Crippen LogP contribution in [0.2, 0.25) is 0 Å². The fourth-order valence-electron chi connectivity index (χ4n) is 3.93. The van der Waals surface area contributed by atoms with Crippen molar-refractivity contribution in [1.29, 1.82) is 0 Å². The fourth-order valence-corrected chi connectivity index (χ4v) is 3.93. The number of piperazine rings is 1. The maximum Gasteiger partial charge on any atom is 0.222 e. The van der Waals surface area contributed by atoms with Crippen LogP contribution < -0.4 is 4.90 Å². The van der Waals surface area contributed by atoms with Crippen LogP contribution in [0.4, 0.5) is 5.82 Å². The van der Waals surface area contributed by atoms with Gasteiger partial charge < -0.3 is 14.8 Å². The summed E-state index contributed by atoms with van der Waals surface area (Å²) in [6, 6.07) is 0. The van der Waals surface area contributed by atoms with Crippen LogP contribution >= 0.6 is 0 Å². The Morgan fingerprint density at radius 2 is 1.88 bits per heavy atom. The van der Waals surface area contributed by atoms with Crippen molar-refractivity contribution in [3.63, 3.8) is 0 Å². The zero-order chi connectivity index (χ0) is 16.4. The smallest absolute Gasteiger partial charge is 0.222 e. The van der Waals surface area contributed by atoms with E-state index in [1.54, 1.807) is 12.7 Å². The second kappa shape index (κ2) is 6.75. The zero-order valence-electron chi connectivity index (χ0n) is 13.9. The van der Waals surface area contributed by atoms with Crippen molar-refractivity contribution in [3.05, 3.63) is 12.7 Å². The largest absolute Gasteiger partial charge is 0.351 e. The molecule has 2 aromatic heterocycles. The molecular formula is C17H24N6O. The predicted octanol–water partition coefficient (Wildman–Crippen LogP) is 1.97. The van der Waals surface area contributed by atoms with Crippen LogP contribution in [0.5, 0.6) is 0 Å². The van der Waals surface area contributed by atoms with E-state index in [9.17, 15) is 4.79 Å². The maximum absolute atomic E-state index is 12.5. The van der Waals surface area contributed by atoms with Gasteiger partial charge in [0.25, 0.3) is 0 Å². The standard InChI is InChI=1S/C17H24N6O/c24-14(10-13-4-2-1-3-5-13)22-6-8-23(9-7-22)17-15-16(19-11-18-15)20-12-21-17/h11-13H,1-10H2,(H,18,19,20,21). The van der Waals surface area contributed by atoms with Gasteiger partial charge in [0.1, 0.15) is 11.8 Å². The average molecular weight is 328 g/mol. The minimum Gasteiger partial charge on any atom is -0.351 e. The van der Waals surface area contributed by atoms with Crippen molar-refractivity contribution < 1.29 is 4.79 Å². The van der Waals surface area contributed by atoms with Gasteiger partial charge in [-0.3, -0.25) is 4.79 Å². The minimum absolute atomic E-state index is 0.330. The Kier molecular flexibility index (Phi) is 4.32. The second-order valence-electron chi connectivity index (χ2n) is 6.87. The molecule has 128 valence electrons. The molecule has 0 atom stereocenters. The van der Waals surface area contributed by atoms with Gasteiger partial charge in [-0.05, 0) is 18.8 Å². The highest BCUT2D eigenvalue weighted by Gasteiger charge is 2.26. The molecule has 1 saturated heterocycles. The van der Waals surface area contributed by atoms with E-state index < -0.39 is 0 Å². The van der Waals surface area contributed by atoms with Crippen LogP contribution in [0.1, 0.15) is 38.5 Å². The Morgan fingerprint density at radius 1 is 1.08 bits per heavy atom. The number of aromatic nitrogens is 4. The number of nitrogens with zero attached hydrogens (tertiary/aromatic N) is 5. The molecule has 0 radical (unpaired) electrons. The Labute approximate surface area is 141 Å². The van der Waals surface area contributed by atoms with E-state index in [-0.39, 0.29) is 0 Å². The number of nitrogens with one attached hydrogen (secondary N) is 1. The van der Waals surface area contributed by atoms with E-state index in [0.29, 0.717) is 17.5 Å². The van der Waals surface area contributed by atoms with E-state index >= 15 is 0 Å². The lowest BCUT2D eigenvalue weighted by molar-refractivity contribution is -0.132. The number of fused-ring (bicyclic) bond motifs is 1. The normalized spacial score (nSPS) is 19.8. The summed E-state index contributed by atoms with van der Waals surface area (Å²) in [4.78, 5) is 32.7. The molecule has 1 saturated carbocycles. The molecule has 0 unspecified atom stereocenters. The third kappa shape index (κ3) is 3.07. The number of amides is 1. The lowest BCUT2D eigenvalue weighted by Gasteiger charge is -2.36. The van der Waals surface area contributed by atoms with Gasteiger partial charge in [-0.2, -0.15) is 0 Å². The number of H-pyrrole nitrogens is 1. The van der Waals surface area contributed by atoms with E-state index in [0.717, 1.165) is 43.9 Å². The van der Waals surface area contributed by atoms with Gasteiger partial charge in [0.15, 0.2) is 11.5 Å². The molecule has 0 aromatic carbocycles. The predicted molar refractivity (Wildman–Crippen MR) is 91.7 cm³/mol. The topological polar surface area (TPSA) is 78.0 Å². The number of carbonyl (C=O) groups is 1. The Bertz CT molecular complexity index is 700. The van der Waals surface area contributed by atoms with E-state index in [1.165, 1.54) is 32.1 Å². The summed E-state index contributed by atoms with van der Waals surface area (Å²) < 4.78 is 0. The molecule has 0 spiro atoms. The second-order valence-corrected chi connectivity index (χ2v) is 6.87. The summed E-state index contributed by atoms with van der Waals surface area (Å²) in [5.41, 5.74) is 1.57. The molecule has 3 heterocycles. The average Bonchev–Trinajstić information content (AvgIpc) is 3.11. The summed E-state index contributed by atoms with van der Waals surface area (Å²) in [6.45, 7) is 3.15. The van der Waals surface area contributed by atoms with Crippen molar-refractivity contribution >= 4 is 22.9 Å². The van der Waals surface area contributed by atoms with Crippen LogP contribution in [-0.4, -0.2) is 56.9 Å². The number of carbonyl (C=O) groups excluding carboxylic acids is 1. The number of rotatable bonds is 3. The highest BCUT2D eigenvalue weighted by Crippen LogP contribution is 2.27. The van der Waals surface area contributed by atoms with Crippen LogP contribution in [-0.2, 0) is 4.79 Å². The van der Waals surface area contributed by atoms with Gasteiger partial charge in [-0.1, -0.05) is 19.3 Å². The molecule has 1 amide bonds. The van der Waals surface area contributed by atoms with Crippen LogP contribution in [0, 0.1) is 5.92 Å². The number of aromatic amines is 1. The number of anilines is 1. The quantitative estimate of drug-likeness (QED) is 0.932. The Hall–Kier alpha value is -2.18. The summed E-state index contributed by atoms with van der Waals surface area (Å²) in [5.74, 6) is 1.82. The van der Waals surface area contributed by atoms with E-state index in [1.807, 2.05) is 4.90 Å². The summed E-state index contributed by atoms with van der Waals surface area (Å²) in [5, 5.41) is 0. The van der Waals surface area contributed by atoms with Crippen LogP contribution in [0.15, 0.2) is 12.7 Å². The molecule has 1 aliphatic heterocycles. The molecule has 24 heavy (non-hydrogen) atoms. The van der Waals surface area contributed by atoms with Gasteiger partial charge in [-0.25, -0.2) is 15.0 Å². The highest BCUT2D eigenvalue weighted by atomic mass is 16.2. The van der Waals surface area contributed by atoms with Gasteiger partial charge in [-0.15, -0.1) is 0 Å². The molecule has 1 N–H and O–H groups in total. The van der Waals surface area contributed by atoms with Gasteiger partial charge in [0, 0.05) is 32.6 Å². The van der Waals surface area contributed by atoms with E-state index in [2.05, 4.69) is 24.8 Å². The Morgan fingerprint density at radius 3 is 2.67 bits per heavy atom. The molecule has 2 fully saturated rings. The first-order valence-electron chi connectivity index (χ1n) is 8.98. The van der Waals surface area contributed by atoms with Crippen molar-refractivity contribution in [1.82, 2.24) is 24.8 Å². The molecule has 2 aliphatic rings. The zero-order valence-corrected chi connectivity index (χ0v) is 13.9. The molecular weight excluding hydrogens is 304 g/mol. The van der Waals surface area contributed by atoms with E-state index in [4.69, 9.17) is 0 Å². The summed E-state index contributed by atoms with van der Waals surface area (Å²) >= 11 is 0. The number of imidazole rings is 1. The van der Waals surface area contributed by atoms with Gasteiger partial charge >= 0.3 is 0 Å². The molecule has 7 heteroatoms. The molecule has 2 aromatic rings. The molecule has 0 bridgehead atoms. The first kappa shape index (κ1) is 15.4. The van der Waals surface area contributed by atoms with Crippen molar-refractivity contribution in [2.45, 2.75) is 38.5 Å². The lowest BCUT2D eigenvalue weighted by Crippen LogP contribution is -2.49. The van der Waals surface area contributed by atoms with Crippen LogP contribution in [0.25, 0.3) is 11.2 Å². The molecule has 1 aliphatic carbocycles. The SMILES string of the molecule is O=C(CC1CCCCC1)N1CCN(c2ncnc3nc[nH]c23)CC1. The summed E-state index contributed by atoms with van der Waals surface area (Å²) in [6.07, 6.45) is 10.3. The summed E-state index contributed by atoms with van der Waals surface area (Å²) in [7, 11) is 0. The minimum atomic E-state index is 0.330. The molecule has 4 rings (SSSR count). The number of hydrogen-bond donors (Lipinski definition) is 1. The van der Waals surface area contributed by atoms with Crippen molar-refractivity contribution in [2.24, 2.45) is 5.92 Å². The molecule has 7 nitrogen and oxygen atoms in total. The van der Waals surface area contributed by atoms with Crippen molar-refractivity contribution in [2.75, 3.05) is 31.1 Å². The maximum atomic E-state index is 12.5. The third-order valence-corrected chi connectivity index (χ3v) is 5.32. The van der Waals surface area contributed by atoms with Crippen LogP contribution in [0.3, 0.4) is 0 Å². The highest BCUT2D eigenvalue weighted by molar-refractivity contribution is 5.83.